The van der Waals surface area contributed by atoms with Crippen molar-refractivity contribution in [3.05, 3.63) is 30.3 Å². The lowest BCUT2D eigenvalue weighted by Crippen LogP contribution is -2.28. The third kappa shape index (κ3) is 5.84. The molecule has 1 aromatic carbocycles. The van der Waals surface area contributed by atoms with Crippen molar-refractivity contribution < 1.29 is 4.74 Å². The highest BCUT2D eigenvalue weighted by Crippen LogP contribution is 2.27. The smallest absolute Gasteiger partial charge is 0.119 e. The Kier molecular flexibility index (Phi) is 6.52. The second kappa shape index (κ2) is 8.44. The average molecular weight is 282 g/mol. The standard InChI is InChI=1S/C16H24ClNO/c17-15-7-4-6-14(12-15)13-18-10-5-11-19-16-8-2-1-3-9-16/h1-3,8-9,14-15,18H,4-7,10-13H2. The molecule has 0 bridgehead atoms. The van der Waals surface area contributed by atoms with Gasteiger partial charge in [-0.3, -0.25) is 0 Å². The summed E-state index contributed by atoms with van der Waals surface area (Å²) in [5.74, 6) is 1.73. The van der Waals surface area contributed by atoms with Gasteiger partial charge in [0.1, 0.15) is 5.75 Å². The van der Waals surface area contributed by atoms with Gasteiger partial charge in [0.05, 0.1) is 6.61 Å². The van der Waals surface area contributed by atoms with Crippen LogP contribution in [-0.4, -0.2) is 25.1 Å². The van der Waals surface area contributed by atoms with Crippen LogP contribution in [0.15, 0.2) is 30.3 Å². The molecule has 2 atom stereocenters. The van der Waals surface area contributed by atoms with E-state index < -0.39 is 0 Å². The van der Waals surface area contributed by atoms with Gasteiger partial charge in [-0.25, -0.2) is 0 Å². The number of ether oxygens (including phenoxy) is 1. The van der Waals surface area contributed by atoms with E-state index in [2.05, 4.69) is 5.32 Å². The first-order valence-electron chi connectivity index (χ1n) is 7.37. The molecule has 0 spiro atoms. The van der Waals surface area contributed by atoms with Crippen molar-refractivity contribution in [2.75, 3.05) is 19.7 Å². The van der Waals surface area contributed by atoms with Gasteiger partial charge in [0.2, 0.25) is 0 Å². The summed E-state index contributed by atoms with van der Waals surface area (Å²) in [6.07, 6.45) is 6.04. The molecule has 3 heteroatoms. The number of hydrogen-bond donors (Lipinski definition) is 1. The van der Waals surface area contributed by atoms with Gasteiger partial charge in [-0.1, -0.05) is 24.6 Å². The molecular formula is C16H24ClNO. The molecule has 1 aliphatic carbocycles. The maximum Gasteiger partial charge on any atom is 0.119 e. The first kappa shape index (κ1) is 14.7. The molecule has 0 radical (unpaired) electrons. The van der Waals surface area contributed by atoms with E-state index in [1.165, 1.54) is 25.7 Å². The van der Waals surface area contributed by atoms with E-state index in [4.69, 9.17) is 16.3 Å². The minimum Gasteiger partial charge on any atom is -0.494 e. The number of nitrogens with one attached hydrogen (secondary N) is 1. The molecule has 0 saturated heterocycles. The molecule has 1 aromatic rings. The molecule has 2 nitrogen and oxygen atoms in total. The van der Waals surface area contributed by atoms with Crippen LogP contribution < -0.4 is 10.1 Å². The van der Waals surface area contributed by atoms with Crippen LogP contribution in [0.3, 0.4) is 0 Å². The van der Waals surface area contributed by atoms with E-state index in [9.17, 15) is 0 Å². The summed E-state index contributed by atoms with van der Waals surface area (Å²) in [4.78, 5) is 0. The second-order valence-corrected chi connectivity index (χ2v) is 5.97. The van der Waals surface area contributed by atoms with Crippen molar-refractivity contribution in [1.82, 2.24) is 5.32 Å². The predicted molar refractivity (Wildman–Crippen MR) is 81.0 cm³/mol. The van der Waals surface area contributed by atoms with Gasteiger partial charge in [0, 0.05) is 5.38 Å². The number of benzene rings is 1. The molecule has 19 heavy (non-hydrogen) atoms. The van der Waals surface area contributed by atoms with Gasteiger partial charge in [-0.15, -0.1) is 11.6 Å². The van der Waals surface area contributed by atoms with Crippen LogP contribution >= 0.6 is 11.6 Å². The zero-order valence-electron chi connectivity index (χ0n) is 11.5. The fourth-order valence-corrected chi connectivity index (χ4v) is 3.03. The molecule has 1 N–H and O–H groups in total. The molecule has 1 aliphatic rings. The van der Waals surface area contributed by atoms with Gasteiger partial charge in [-0.2, -0.15) is 0 Å². The highest BCUT2D eigenvalue weighted by Gasteiger charge is 2.19. The fourth-order valence-electron chi connectivity index (χ4n) is 2.62. The van der Waals surface area contributed by atoms with Gasteiger partial charge in [0.15, 0.2) is 0 Å². The Hall–Kier alpha value is -0.730. The summed E-state index contributed by atoms with van der Waals surface area (Å²) in [5.41, 5.74) is 0. The zero-order valence-corrected chi connectivity index (χ0v) is 12.2. The summed E-state index contributed by atoms with van der Waals surface area (Å²) in [5, 5.41) is 3.93. The summed E-state index contributed by atoms with van der Waals surface area (Å²) < 4.78 is 5.65. The van der Waals surface area contributed by atoms with Gasteiger partial charge < -0.3 is 10.1 Å². The second-order valence-electron chi connectivity index (χ2n) is 5.35. The maximum absolute atomic E-state index is 6.19. The number of hydrogen-bond acceptors (Lipinski definition) is 2. The number of rotatable bonds is 7. The number of para-hydroxylation sites is 1. The van der Waals surface area contributed by atoms with Crippen molar-refractivity contribution in [2.45, 2.75) is 37.5 Å². The molecular weight excluding hydrogens is 258 g/mol. The molecule has 0 aliphatic heterocycles. The van der Waals surface area contributed by atoms with Crippen molar-refractivity contribution in [3.63, 3.8) is 0 Å². The summed E-state index contributed by atoms with van der Waals surface area (Å²) in [6.45, 7) is 2.91. The number of alkyl halides is 1. The van der Waals surface area contributed by atoms with Crippen LogP contribution in [-0.2, 0) is 0 Å². The van der Waals surface area contributed by atoms with Crippen molar-refractivity contribution in [3.8, 4) is 5.75 Å². The van der Waals surface area contributed by atoms with Crippen molar-refractivity contribution >= 4 is 11.6 Å². The van der Waals surface area contributed by atoms with E-state index in [0.717, 1.165) is 37.8 Å². The first-order chi connectivity index (χ1) is 9.34. The monoisotopic (exact) mass is 281 g/mol. The highest BCUT2D eigenvalue weighted by molar-refractivity contribution is 6.20. The SMILES string of the molecule is ClC1CCCC(CNCCCOc2ccccc2)C1. The average Bonchev–Trinajstić information content (AvgIpc) is 2.44. The summed E-state index contributed by atoms with van der Waals surface area (Å²) >= 11 is 6.19. The lowest BCUT2D eigenvalue weighted by Gasteiger charge is -2.25. The van der Waals surface area contributed by atoms with E-state index in [1.807, 2.05) is 30.3 Å². The zero-order chi connectivity index (χ0) is 13.3. The minimum atomic E-state index is 0.405. The van der Waals surface area contributed by atoms with Crippen LogP contribution in [0.5, 0.6) is 5.75 Å². The Balaban J connectivity index is 1.48. The molecule has 0 amide bonds. The Morgan fingerprint density at radius 1 is 1.21 bits per heavy atom. The first-order valence-corrected chi connectivity index (χ1v) is 7.81. The fraction of sp³-hybridized carbons (Fsp3) is 0.625. The van der Waals surface area contributed by atoms with E-state index in [-0.39, 0.29) is 0 Å². The third-order valence-corrected chi connectivity index (χ3v) is 4.06. The molecule has 2 rings (SSSR count). The Labute approximate surface area is 121 Å². The van der Waals surface area contributed by atoms with Crippen LogP contribution in [0.1, 0.15) is 32.1 Å². The molecule has 0 heterocycles. The normalized spacial score (nSPS) is 23.2. The van der Waals surface area contributed by atoms with Crippen LogP contribution in [0.2, 0.25) is 0 Å². The topological polar surface area (TPSA) is 21.3 Å². The lowest BCUT2D eigenvalue weighted by atomic mass is 9.89. The van der Waals surface area contributed by atoms with Crippen LogP contribution in [0, 0.1) is 5.92 Å². The summed E-state index contributed by atoms with van der Waals surface area (Å²) in [6, 6.07) is 9.99. The Bertz CT molecular complexity index is 344. The molecule has 0 aromatic heterocycles. The molecule has 1 saturated carbocycles. The van der Waals surface area contributed by atoms with Gasteiger partial charge in [-0.05, 0) is 56.8 Å². The van der Waals surface area contributed by atoms with Crippen molar-refractivity contribution in [1.29, 1.82) is 0 Å². The van der Waals surface area contributed by atoms with Gasteiger partial charge >= 0.3 is 0 Å². The molecule has 106 valence electrons. The highest BCUT2D eigenvalue weighted by atomic mass is 35.5. The van der Waals surface area contributed by atoms with Crippen molar-refractivity contribution in [2.24, 2.45) is 5.92 Å². The molecule has 1 fully saturated rings. The Morgan fingerprint density at radius 2 is 2.05 bits per heavy atom. The molecule has 2 unspecified atom stereocenters. The predicted octanol–water partition coefficient (Wildman–Crippen LogP) is 3.84. The third-order valence-electron chi connectivity index (χ3n) is 3.66. The minimum absolute atomic E-state index is 0.405. The quantitative estimate of drug-likeness (QED) is 0.606. The van der Waals surface area contributed by atoms with E-state index in [0.29, 0.717) is 5.38 Å². The van der Waals surface area contributed by atoms with Crippen LogP contribution in [0.25, 0.3) is 0 Å². The largest absolute Gasteiger partial charge is 0.494 e. The Morgan fingerprint density at radius 3 is 2.84 bits per heavy atom. The lowest BCUT2D eigenvalue weighted by molar-refractivity contribution is 0.300. The van der Waals surface area contributed by atoms with Gasteiger partial charge in [0.25, 0.3) is 0 Å². The van der Waals surface area contributed by atoms with E-state index >= 15 is 0 Å². The van der Waals surface area contributed by atoms with Crippen LogP contribution in [0.4, 0.5) is 0 Å². The number of halogens is 1. The maximum atomic E-state index is 6.19. The summed E-state index contributed by atoms with van der Waals surface area (Å²) in [7, 11) is 0. The van der Waals surface area contributed by atoms with E-state index in [1.54, 1.807) is 0 Å².